The largest absolute Gasteiger partial charge is 0.378 e. The second-order valence-corrected chi connectivity index (χ2v) is 6.79. The number of thioether (sulfide) groups is 1. The summed E-state index contributed by atoms with van der Waals surface area (Å²) in [5, 5.41) is 15.5. The number of hydrogen-bond donors (Lipinski definition) is 1. The lowest BCUT2D eigenvalue weighted by molar-refractivity contribution is -0.114. The number of amides is 1. The third-order valence-corrected chi connectivity index (χ3v) is 4.65. The molecular formula is C17H19N5OS. The minimum Gasteiger partial charge on any atom is -0.378 e. The molecule has 3 rings (SSSR count). The Morgan fingerprint density at radius 1 is 1.29 bits per heavy atom. The molecule has 0 fully saturated rings. The van der Waals surface area contributed by atoms with Gasteiger partial charge >= 0.3 is 0 Å². The number of aliphatic imine (C=N–C) groups is 1. The number of hydrogen-bond acceptors (Lipinski definition) is 5. The molecule has 0 aliphatic carbocycles. The molecule has 1 aromatic carbocycles. The lowest BCUT2D eigenvalue weighted by atomic mass is 10.1. The highest BCUT2D eigenvalue weighted by molar-refractivity contribution is 8.26. The van der Waals surface area contributed by atoms with Gasteiger partial charge in [-0.1, -0.05) is 19.1 Å². The van der Waals surface area contributed by atoms with Gasteiger partial charge in [0.25, 0.3) is 5.91 Å². The van der Waals surface area contributed by atoms with Gasteiger partial charge in [0.2, 0.25) is 5.17 Å². The lowest BCUT2D eigenvalue weighted by Crippen LogP contribution is -2.35. The van der Waals surface area contributed by atoms with E-state index in [9.17, 15) is 4.79 Å². The molecule has 7 heteroatoms. The SMILES string of the molecule is CCCC1=NN2C(=N)C(=Cc3ccc(N(C)C)cc3)C(=O)N=C2S1. The standard InChI is InChI=1S/C17H19N5OS/c1-4-5-14-20-22-15(18)13(16(23)19-17(22)24-14)10-11-6-8-12(9-7-11)21(2)3/h6-10,18H,4-5H2,1-3H3. The van der Waals surface area contributed by atoms with Gasteiger partial charge < -0.3 is 4.90 Å². The highest BCUT2D eigenvalue weighted by Crippen LogP contribution is 2.29. The van der Waals surface area contributed by atoms with Gasteiger partial charge in [-0.25, -0.2) is 0 Å². The van der Waals surface area contributed by atoms with Crippen LogP contribution in [0.1, 0.15) is 25.3 Å². The highest BCUT2D eigenvalue weighted by atomic mass is 32.2. The summed E-state index contributed by atoms with van der Waals surface area (Å²) in [6.45, 7) is 2.07. The average molecular weight is 341 g/mol. The van der Waals surface area contributed by atoms with Crippen LogP contribution in [0.25, 0.3) is 6.08 Å². The molecule has 124 valence electrons. The lowest BCUT2D eigenvalue weighted by Gasteiger charge is -2.20. The van der Waals surface area contributed by atoms with Crippen molar-refractivity contribution in [1.82, 2.24) is 5.01 Å². The Labute approximate surface area is 145 Å². The smallest absolute Gasteiger partial charge is 0.283 e. The molecule has 2 heterocycles. The van der Waals surface area contributed by atoms with Gasteiger partial charge in [0.1, 0.15) is 5.04 Å². The normalized spacial score (nSPS) is 18.6. The van der Waals surface area contributed by atoms with E-state index in [4.69, 9.17) is 5.41 Å². The average Bonchev–Trinajstić information content (AvgIpc) is 2.95. The number of hydrazone groups is 1. The van der Waals surface area contributed by atoms with Crippen LogP contribution in [0.5, 0.6) is 0 Å². The summed E-state index contributed by atoms with van der Waals surface area (Å²) in [6, 6.07) is 7.79. The predicted molar refractivity (Wildman–Crippen MR) is 101 cm³/mol. The monoisotopic (exact) mass is 341 g/mol. The number of carbonyl (C=O) groups excluding carboxylic acids is 1. The molecule has 0 saturated carbocycles. The van der Waals surface area contributed by atoms with Crippen molar-refractivity contribution in [3.63, 3.8) is 0 Å². The van der Waals surface area contributed by atoms with Crippen LogP contribution in [-0.4, -0.2) is 41.1 Å². The van der Waals surface area contributed by atoms with Crippen molar-refractivity contribution in [1.29, 1.82) is 5.41 Å². The number of nitrogens with one attached hydrogen (secondary N) is 1. The topological polar surface area (TPSA) is 72.1 Å². The summed E-state index contributed by atoms with van der Waals surface area (Å²) in [7, 11) is 3.95. The fourth-order valence-electron chi connectivity index (χ4n) is 2.38. The van der Waals surface area contributed by atoms with Crippen molar-refractivity contribution < 1.29 is 4.79 Å². The molecule has 2 aliphatic heterocycles. The Kier molecular flexibility index (Phi) is 4.53. The van der Waals surface area contributed by atoms with Crippen molar-refractivity contribution >= 4 is 45.5 Å². The van der Waals surface area contributed by atoms with E-state index < -0.39 is 0 Å². The van der Waals surface area contributed by atoms with Crippen molar-refractivity contribution in [3.05, 3.63) is 35.4 Å². The number of fused-ring (bicyclic) bond motifs is 1. The van der Waals surface area contributed by atoms with Gasteiger partial charge in [0, 0.05) is 19.8 Å². The Morgan fingerprint density at radius 2 is 2.00 bits per heavy atom. The fraction of sp³-hybridized carbons (Fsp3) is 0.294. The zero-order chi connectivity index (χ0) is 17.3. The van der Waals surface area contributed by atoms with Crippen LogP contribution in [0.2, 0.25) is 0 Å². The number of rotatable bonds is 4. The molecule has 24 heavy (non-hydrogen) atoms. The zero-order valence-electron chi connectivity index (χ0n) is 13.9. The number of amidine groups is 2. The van der Waals surface area contributed by atoms with Crippen LogP contribution >= 0.6 is 11.8 Å². The minimum absolute atomic E-state index is 0.0836. The molecule has 0 atom stereocenters. The molecule has 0 saturated heterocycles. The van der Waals surface area contributed by atoms with Gasteiger partial charge in [0.15, 0.2) is 5.84 Å². The summed E-state index contributed by atoms with van der Waals surface area (Å²) in [6.07, 6.45) is 3.49. The molecule has 6 nitrogen and oxygen atoms in total. The summed E-state index contributed by atoms with van der Waals surface area (Å²) in [5.41, 5.74) is 2.20. The summed E-state index contributed by atoms with van der Waals surface area (Å²) in [4.78, 5) is 18.4. The van der Waals surface area contributed by atoms with E-state index >= 15 is 0 Å². The van der Waals surface area contributed by atoms with E-state index in [1.54, 1.807) is 6.08 Å². The molecule has 0 aromatic heterocycles. The molecule has 0 spiro atoms. The van der Waals surface area contributed by atoms with E-state index in [2.05, 4.69) is 17.0 Å². The first-order valence-corrected chi connectivity index (χ1v) is 8.57. The van der Waals surface area contributed by atoms with Crippen LogP contribution in [-0.2, 0) is 4.79 Å². The molecule has 0 radical (unpaired) electrons. The van der Waals surface area contributed by atoms with Crippen LogP contribution < -0.4 is 4.90 Å². The molecule has 0 unspecified atom stereocenters. The van der Waals surface area contributed by atoms with Crippen molar-refractivity contribution in [2.24, 2.45) is 10.1 Å². The number of carbonyl (C=O) groups is 1. The van der Waals surface area contributed by atoms with Crippen LogP contribution in [0.3, 0.4) is 0 Å². The maximum atomic E-state index is 12.3. The van der Waals surface area contributed by atoms with E-state index in [1.165, 1.54) is 16.8 Å². The Hall–Kier alpha value is -2.41. The van der Waals surface area contributed by atoms with Gasteiger partial charge in [-0.3, -0.25) is 10.2 Å². The maximum absolute atomic E-state index is 12.3. The summed E-state index contributed by atoms with van der Waals surface area (Å²) >= 11 is 1.37. The summed E-state index contributed by atoms with van der Waals surface area (Å²) in [5.74, 6) is -0.302. The summed E-state index contributed by atoms with van der Waals surface area (Å²) < 4.78 is 0. The third-order valence-electron chi connectivity index (χ3n) is 3.68. The van der Waals surface area contributed by atoms with Crippen LogP contribution in [0.15, 0.2) is 39.9 Å². The van der Waals surface area contributed by atoms with E-state index in [1.807, 2.05) is 43.3 Å². The van der Waals surface area contributed by atoms with Crippen molar-refractivity contribution in [2.45, 2.75) is 19.8 Å². The Bertz CT molecular complexity index is 777. The first-order chi connectivity index (χ1) is 11.5. The van der Waals surface area contributed by atoms with E-state index in [-0.39, 0.29) is 17.3 Å². The molecule has 1 amide bonds. The van der Waals surface area contributed by atoms with Gasteiger partial charge in [-0.2, -0.15) is 15.1 Å². The van der Waals surface area contributed by atoms with Gasteiger partial charge in [-0.05, 0) is 48.4 Å². The third kappa shape index (κ3) is 3.12. The Balaban J connectivity index is 1.89. The van der Waals surface area contributed by atoms with E-state index in [0.717, 1.165) is 29.1 Å². The molecular weight excluding hydrogens is 322 g/mol. The molecule has 2 aliphatic rings. The number of anilines is 1. The molecule has 0 bridgehead atoms. The molecule has 1 N–H and O–H groups in total. The van der Waals surface area contributed by atoms with Gasteiger partial charge in [-0.15, -0.1) is 0 Å². The van der Waals surface area contributed by atoms with Crippen molar-refractivity contribution in [2.75, 3.05) is 19.0 Å². The highest BCUT2D eigenvalue weighted by Gasteiger charge is 2.35. The quantitative estimate of drug-likeness (QED) is 0.854. The fourth-order valence-corrected chi connectivity index (χ4v) is 3.37. The zero-order valence-corrected chi connectivity index (χ0v) is 14.7. The van der Waals surface area contributed by atoms with Crippen LogP contribution in [0.4, 0.5) is 5.69 Å². The Morgan fingerprint density at radius 3 is 2.62 bits per heavy atom. The maximum Gasteiger partial charge on any atom is 0.283 e. The second kappa shape index (κ2) is 6.60. The number of nitrogens with zero attached hydrogens (tertiary/aromatic N) is 4. The number of benzene rings is 1. The van der Waals surface area contributed by atoms with E-state index in [0.29, 0.717) is 5.17 Å². The second-order valence-electron chi connectivity index (χ2n) is 5.75. The predicted octanol–water partition coefficient (Wildman–Crippen LogP) is 3.17. The van der Waals surface area contributed by atoms with Gasteiger partial charge in [0.05, 0.1) is 5.57 Å². The first-order valence-electron chi connectivity index (χ1n) is 7.76. The van der Waals surface area contributed by atoms with Crippen molar-refractivity contribution in [3.8, 4) is 0 Å². The molecule has 1 aromatic rings. The van der Waals surface area contributed by atoms with Crippen LogP contribution in [0, 0.1) is 5.41 Å². The first kappa shape index (κ1) is 16.4. The minimum atomic E-state index is -0.386.